The highest BCUT2D eigenvalue weighted by Gasteiger charge is 2.26. The fourth-order valence-electron chi connectivity index (χ4n) is 3.15. The summed E-state index contributed by atoms with van der Waals surface area (Å²) in [6.07, 6.45) is 3.13. The van der Waals surface area contributed by atoms with Crippen LogP contribution >= 0.6 is 11.6 Å². The number of hydrogen-bond donors (Lipinski definition) is 1. The molecular weight excluding hydrogens is 298 g/mol. The highest BCUT2D eigenvalue weighted by Crippen LogP contribution is 2.22. The SMILES string of the molecule is CC(CC(=O)N1CCCC(C(C)O)C1)Cc1ccc(Cl)cc1. The summed E-state index contributed by atoms with van der Waals surface area (Å²) in [7, 11) is 0. The van der Waals surface area contributed by atoms with Gasteiger partial charge in [0.15, 0.2) is 0 Å². The zero-order chi connectivity index (χ0) is 16.1. The predicted molar refractivity (Wildman–Crippen MR) is 89.9 cm³/mol. The Morgan fingerprint density at radius 3 is 2.68 bits per heavy atom. The van der Waals surface area contributed by atoms with E-state index in [1.54, 1.807) is 0 Å². The molecular formula is C18H26ClNO2. The van der Waals surface area contributed by atoms with Crippen LogP contribution in [0.15, 0.2) is 24.3 Å². The van der Waals surface area contributed by atoms with Crippen molar-refractivity contribution < 1.29 is 9.90 Å². The van der Waals surface area contributed by atoms with E-state index in [0.29, 0.717) is 18.9 Å². The lowest BCUT2D eigenvalue weighted by molar-refractivity contribution is -0.134. The molecule has 4 heteroatoms. The van der Waals surface area contributed by atoms with Crippen LogP contribution in [0.4, 0.5) is 0 Å². The average Bonchev–Trinajstić information content (AvgIpc) is 2.49. The number of halogens is 1. The summed E-state index contributed by atoms with van der Waals surface area (Å²) in [5, 5.41) is 10.5. The Morgan fingerprint density at radius 1 is 1.36 bits per heavy atom. The van der Waals surface area contributed by atoms with Crippen LogP contribution in [0, 0.1) is 11.8 Å². The van der Waals surface area contributed by atoms with Crippen LogP contribution in [0.1, 0.15) is 38.7 Å². The van der Waals surface area contributed by atoms with Crippen molar-refractivity contribution >= 4 is 17.5 Å². The van der Waals surface area contributed by atoms with Crippen molar-refractivity contribution in [2.45, 2.75) is 45.6 Å². The molecule has 0 radical (unpaired) electrons. The Balaban J connectivity index is 1.84. The maximum absolute atomic E-state index is 12.4. The number of aliphatic hydroxyl groups excluding tert-OH is 1. The number of rotatable bonds is 5. The van der Waals surface area contributed by atoms with Gasteiger partial charge in [0.05, 0.1) is 6.10 Å². The Hall–Kier alpha value is -1.06. The van der Waals surface area contributed by atoms with E-state index in [-0.39, 0.29) is 17.9 Å². The first-order chi connectivity index (χ1) is 10.5. The summed E-state index contributed by atoms with van der Waals surface area (Å²) in [5.74, 6) is 0.747. The smallest absolute Gasteiger partial charge is 0.222 e. The lowest BCUT2D eigenvalue weighted by Crippen LogP contribution is -2.43. The summed E-state index contributed by atoms with van der Waals surface area (Å²) in [6, 6.07) is 7.83. The molecule has 3 nitrogen and oxygen atoms in total. The molecule has 3 unspecified atom stereocenters. The number of likely N-dealkylation sites (tertiary alicyclic amines) is 1. The van der Waals surface area contributed by atoms with Gasteiger partial charge in [-0.3, -0.25) is 4.79 Å². The number of carbonyl (C=O) groups excluding carboxylic acids is 1. The maximum Gasteiger partial charge on any atom is 0.222 e. The minimum atomic E-state index is -0.331. The topological polar surface area (TPSA) is 40.5 Å². The minimum absolute atomic E-state index is 0.215. The van der Waals surface area contributed by atoms with Crippen LogP contribution in [0.5, 0.6) is 0 Å². The number of benzene rings is 1. The fraction of sp³-hybridized carbons (Fsp3) is 0.611. The third-order valence-corrected chi connectivity index (χ3v) is 4.77. The standard InChI is InChI=1S/C18H26ClNO2/c1-13(10-15-5-7-17(19)8-6-15)11-18(22)20-9-3-4-16(12-20)14(2)21/h5-8,13-14,16,21H,3-4,9-12H2,1-2H3. The van der Waals surface area contributed by atoms with Crippen molar-refractivity contribution in [3.63, 3.8) is 0 Å². The Bertz CT molecular complexity index is 486. The van der Waals surface area contributed by atoms with Crippen molar-refractivity contribution in [1.29, 1.82) is 0 Å². The van der Waals surface area contributed by atoms with Gasteiger partial charge in [-0.25, -0.2) is 0 Å². The van der Waals surface area contributed by atoms with Crippen LogP contribution in [-0.2, 0) is 11.2 Å². The molecule has 1 aromatic rings. The monoisotopic (exact) mass is 323 g/mol. The second kappa shape index (κ2) is 7.98. The van der Waals surface area contributed by atoms with Crippen LogP contribution < -0.4 is 0 Å². The summed E-state index contributed by atoms with van der Waals surface area (Å²) in [4.78, 5) is 14.4. The molecule has 1 N–H and O–H groups in total. The van der Waals surface area contributed by atoms with Gasteiger partial charge < -0.3 is 10.0 Å². The first kappa shape index (κ1) is 17.3. The van der Waals surface area contributed by atoms with Crippen molar-refractivity contribution in [1.82, 2.24) is 4.90 Å². The van der Waals surface area contributed by atoms with Gasteiger partial charge in [0.1, 0.15) is 0 Å². The molecule has 1 saturated heterocycles. The number of piperidine rings is 1. The first-order valence-electron chi connectivity index (χ1n) is 8.16. The normalized spacial score (nSPS) is 21.5. The van der Waals surface area contributed by atoms with Crippen molar-refractivity contribution in [2.24, 2.45) is 11.8 Å². The molecule has 1 fully saturated rings. The zero-order valence-corrected chi connectivity index (χ0v) is 14.2. The molecule has 0 saturated carbocycles. The van der Waals surface area contributed by atoms with Gasteiger partial charge in [-0.2, -0.15) is 0 Å². The Labute approximate surface area is 138 Å². The molecule has 1 aromatic carbocycles. The average molecular weight is 324 g/mol. The molecule has 0 aliphatic carbocycles. The van der Waals surface area contributed by atoms with Gasteiger partial charge >= 0.3 is 0 Å². The third kappa shape index (κ3) is 4.99. The van der Waals surface area contributed by atoms with E-state index >= 15 is 0 Å². The van der Waals surface area contributed by atoms with Gasteiger partial charge in [-0.15, -0.1) is 0 Å². The largest absolute Gasteiger partial charge is 0.393 e. The van der Waals surface area contributed by atoms with Gasteiger partial charge in [-0.05, 0) is 49.8 Å². The molecule has 3 atom stereocenters. The molecule has 1 heterocycles. The van der Waals surface area contributed by atoms with Crippen LogP contribution in [0.25, 0.3) is 0 Å². The number of aliphatic hydroxyl groups is 1. The molecule has 1 amide bonds. The summed E-state index contributed by atoms with van der Waals surface area (Å²) < 4.78 is 0. The van der Waals surface area contributed by atoms with E-state index in [1.165, 1.54) is 5.56 Å². The van der Waals surface area contributed by atoms with Crippen molar-refractivity contribution in [2.75, 3.05) is 13.1 Å². The Morgan fingerprint density at radius 2 is 2.05 bits per heavy atom. The molecule has 0 bridgehead atoms. The summed E-state index contributed by atoms with van der Waals surface area (Å²) in [6.45, 7) is 5.46. The minimum Gasteiger partial charge on any atom is -0.393 e. The molecule has 22 heavy (non-hydrogen) atoms. The summed E-state index contributed by atoms with van der Waals surface area (Å²) >= 11 is 5.89. The third-order valence-electron chi connectivity index (χ3n) is 4.51. The van der Waals surface area contributed by atoms with Gasteiger partial charge in [-0.1, -0.05) is 30.7 Å². The van der Waals surface area contributed by atoms with E-state index in [2.05, 4.69) is 6.92 Å². The van der Waals surface area contributed by atoms with Crippen molar-refractivity contribution in [3.8, 4) is 0 Å². The number of nitrogens with zero attached hydrogens (tertiary/aromatic N) is 1. The molecule has 2 rings (SSSR count). The lowest BCUT2D eigenvalue weighted by Gasteiger charge is -2.34. The van der Waals surface area contributed by atoms with E-state index < -0.39 is 0 Å². The number of carbonyl (C=O) groups is 1. The lowest BCUT2D eigenvalue weighted by atomic mass is 9.92. The van der Waals surface area contributed by atoms with E-state index in [1.807, 2.05) is 36.1 Å². The number of amides is 1. The summed E-state index contributed by atoms with van der Waals surface area (Å²) in [5.41, 5.74) is 1.21. The quantitative estimate of drug-likeness (QED) is 0.900. The van der Waals surface area contributed by atoms with Crippen molar-refractivity contribution in [3.05, 3.63) is 34.9 Å². The maximum atomic E-state index is 12.4. The predicted octanol–water partition coefficient (Wildman–Crippen LogP) is 3.53. The van der Waals surface area contributed by atoms with Gasteiger partial charge in [0.25, 0.3) is 0 Å². The van der Waals surface area contributed by atoms with Gasteiger partial charge in [0, 0.05) is 30.5 Å². The van der Waals surface area contributed by atoms with Crippen LogP contribution in [-0.4, -0.2) is 35.1 Å². The first-order valence-corrected chi connectivity index (χ1v) is 8.53. The van der Waals surface area contributed by atoms with E-state index in [4.69, 9.17) is 11.6 Å². The molecule has 1 aliphatic rings. The molecule has 122 valence electrons. The second-order valence-corrected chi connectivity index (χ2v) is 7.06. The van der Waals surface area contributed by atoms with Crippen LogP contribution in [0.3, 0.4) is 0 Å². The zero-order valence-electron chi connectivity index (χ0n) is 13.5. The second-order valence-electron chi connectivity index (χ2n) is 6.62. The van der Waals surface area contributed by atoms with E-state index in [9.17, 15) is 9.90 Å². The van der Waals surface area contributed by atoms with Crippen LogP contribution in [0.2, 0.25) is 5.02 Å². The van der Waals surface area contributed by atoms with Gasteiger partial charge in [0.2, 0.25) is 5.91 Å². The molecule has 0 spiro atoms. The highest BCUT2D eigenvalue weighted by atomic mass is 35.5. The Kier molecular flexibility index (Phi) is 6.27. The fourth-order valence-corrected chi connectivity index (χ4v) is 3.28. The number of hydrogen-bond acceptors (Lipinski definition) is 2. The van der Waals surface area contributed by atoms with E-state index in [0.717, 1.165) is 30.8 Å². The molecule has 0 aromatic heterocycles. The highest BCUT2D eigenvalue weighted by molar-refractivity contribution is 6.30. The molecule has 1 aliphatic heterocycles.